The van der Waals surface area contributed by atoms with Crippen LogP contribution in [0.15, 0.2) is 24.4 Å². The molecule has 1 atom stereocenters. The van der Waals surface area contributed by atoms with Crippen LogP contribution in [0.3, 0.4) is 0 Å². The van der Waals surface area contributed by atoms with Crippen molar-refractivity contribution in [3.63, 3.8) is 0 Å². The summed E-state index contributed by atoms with van der Waals surface area (Å²) in [5, 5.41) is 8.32. The van der Waals surface area contributed by atoms with Gasteiger partial charge >= 0.3 is 0 Å². The molecule has 0 spiro atoms. The second-order valence-corrected chi connectivity index (χ2v) is 5.73. The minimum absolute atomic E-state index is 0.230. The number of nitrogens with one attached hydrogen (secondary N) is 1. The van der Waals surface area contributed by atoms with Gasteiger partial charge in [0.2, 0.25) is 0 Å². The molecule has 1 N–H and O–H groups in total. The van der Waals surface area contributed by atoms with E-state index in [1.54, 1.807) is 0 Å². The first kappa shape index (κ1) is 15.8. The Morgan fingerprint density at radius 3 is 2.62 bits per heavy atom. The lowest BCUT2D eigenvalue weighted by atomic mass is 9.92. The van der Waals surface area contributed by atoms with Crippen molar-refractivity contribution in [2.24, 2.45) is 7.05 Å². The van der Waals surface area contributed by atoms with Crippen molar-refractivity contribution in [1.82, 2.24) is 15.1 Å². The Balaban J connectivity index is 2.49. The van der Waals surface area contributed by atoms with Gasteiger partial charge in [-0.25, -0.2) is 0 Å². The molecule has 1 unspecified atom stereocenters. The van der Waals surface area contributed by atoms with Crippen LogP contribution in [0.5, 0.6) is 0 Å². The Bertz CT molecular complexity index is 599. The Labute approximate surface area is 128 Å². The molecule has 0 fully saturated rings. The minimum atomic E-state index is 0.230. The second-order valence-electron chi connectivity index (χ2n) is 5.73. The maximum absolute atomic E-state index is 4.61. The topological polar surface area (TPSA) is 29.9 Å². The molecule has 0 aliphatic rings. The summed E-state index contributed by atoms with van der Waals surface area (Å²) < 4.78 is 1.93. The predicted molar refractivity (Wildman–Crippen MR) is 88.6 cm³/mol. The molecule has 0 saturated carbocycles. The molecule has 1 aromatic carbocycles. The van der Waals surface area contributed by atoms with Crippen LogP contribution in [0, 0.1) is 13.8 Å². The minimum Gasteiger partial charge on any atom is -0.306 e. The van der Waals surface area contributed by atoms with Crippen molar-refractivity contribution >= 4 is 0 Å². The van der Waals surface area contributed by atoms with Gasteiger partial charge in [-0.1, -0.05) is 32.0 Å². The molecule has 0 aliphatic carbocycles. The van der Waals surface area contributed by atoms with Gasteiger partial charge in [0, 0.05) is 18.8 Å². The lowest BCUT2D eigenvalue weighted by Crippen LogP contribution is -2.24. The van der Waals surface area contributed by atoms with Crippen LogP contribution in [0.1, 0.15) is 54.3 Å². The molecule has 2 aromatic rings. The Morgan fingerprint density at radius 2 is 1.95 bits per heavy atom. The van der Waals surface area contributed by atoms with Gasteiger partial charge in [0.25, 0.3) is 0 Å². The lowest BCUT2D eigenvalue weighted by molar-refractivity contribution is 0.592. The summed E-state index contributed by atoms with van der Waals surface area (Å²) in [7, 11) is 2.00. The van der Waals surface area contributed by atoms with Crippen molar-refractivity contribution in [2.45, 2.75) is 46.6 Å². The van der Waals surface area contributed by atoms with E-state index in [0.29, 0.717) is 0 Å². The first-order chi connectivity index (χ1) is 10.1. The summed E-state index contributed by atoms with van der Waals surface area (Å²) in [6.07, 6.45) is 4.25. The summed E-state index contributed by atoms with van der Waals surface area (Å²) in [4.78, 5) is 0. The standard InChI is InChI=1S/C18H27N3/c1-6-11-19-18(15-10-8-9-13(3)14(15)4)16-12-21(5)20-17(16)7-2/h8-10,12,18-19H,6-7,11H2,1-5H3. The summed E-state index contributed by atoms with van der Waals surface area (Å²) in [5.74, 6) is 0. The first-order valence-corrected chi connectivity index (χ1v) is 7.90. The average Bonchev–Trinajstić information content (AvgIpc) is 2.84. The van der Waals surface area contributed by atoms with Gasteiger partial charge in [0.15, 0.2) is 0 Å². The molecule has 0 amide bonds. The quantitative estimate of drug-likeness (QED) is 0.877. The third-order valence-electron chi connectivity index (χ3n) is 4.14. The van der Waals surface area contributed by atoms with Crippen molar-refractivity contribution in [1.29, 1.82) is 0 Å². The second kappa shape index (κ2) is 6.90. The summed E-state index contributed by atoms with van der Waals surface area (Å²) in [5.41, 5.74) is 6.58. The summed E-state index contributed by atoms with van der Waals surface area (Å²) >= 11 is 0. The number of hydrogen-bond donors (Lipinski definition) is 1. The summed E-state index contributed by atoms with van der Waals surface area (Å²) in [6.45, 7) is 9.78. The monoisotopic (exact) mass is 285 g/mol. The molecular formula is C18H27N3. The number of benzene rings is 1. The zero-order valence-corrected chi connectivity index (χ0v) is 13.9. The highest BCUT2D eigenvalue weighted by atomic mass is 15.3. The number of aryl methyl sites for hydroxylation is 3. The molecule has 0 aliphatic heterocycles. The van der Waals surface area contributed by atoms with Gasteiger partial charge in [-0.15, -0.1) is 0 Å². The molecule has 2 rings (SSSR count). The smallest absolute Gasteiger partial charge is 0.0673 e. The molecular weight excluding hydrogens is 258 g/mol. The van der Waals surface area contributed by atoms with Gasteiger partial charge in [-0.05, 0) is 49.9 Å². The normalized spacial score (nSPS) is 12.6. The lowest BCUT2D eigenvalue weighted by Gasteiger charge is -2.22. The molecule has 114 valence electrons. The Kier molecular flexibility index (Phi) is 5.18. The molecule has 21 heavy (non-hydrogen) atoms. The zero-order chi connectivity index (χ0) is 15.4. The Hall–Kier alpha value is -1.61. The molecule has 0 radical (unpaired) electrons. The third kappa shape index (κ3) is 3.35. The fraction of sp³-hybridized carbons (Fsp3) is 0.500. The van der Waals surface area contributed by atoms with Crippen LogP contribution in [-0.4, -0.2) is 16.3 Å². The number of nitrogens with zero attached hydrogens (tertiary/aromatic N) is 2. The molecule has 1 heterocycles. The van der Waals surface area contributed by atoms with Crippen LogP contribution in [0.25, 0.3) is 0 Å². The van der Waals surface area contributed by atoms with Crippen LogP contribution >= 0.6 is 0 Å². The highest BCUT2D eigenvalue weighted by Gasteiger charge is 2.21. The molecule has 0 saturated heterocycles. The maximum atomic E-state index is 4.61. The fourth-order valence-electron chi connectivity index (χ4n) is 2.83. The molecule has 1 aromatic heterocycles. The molecule has 3 heteroatoms. The fourth-order valence-corrected chi connectivity index (χ4v) is 2.83. The van der Waals surface area contributed by atoms with Crippen molar-refractivity contribution in [3.8, 4) is 0 Å². The van der Waals surface area contributed by atoms with Crippen LogP contribution in [-0.2, 0) is 13.5 Å². The molecule has 3 nitrogen and oxygen atoms in total. The predicted octanol–water partition coefficient (Wildman–Crippen LogP) is 3.69. The zero-order valence-electron chi connectivity index (χ0n) is 13.9. The van der Waals surface area contributed by atoms with Crippen molar-refractivity contribution in [2.75, 3.05) is 6.54 Å². The third-order valence-corrected chi connectivity index (χ3v) is 4.14. The average molecular weight is 285 g/mol. The van der Waals surface area contributed by atoms with E-state index in [1.807, 2.05) is 11.7 Å². The molecule has 0 bridgehead atoms. The van der Waals surface area contributed by atoms with E-state index in [4.69, 9.17) is 0 Å². The summed E-state index contributed by atoms with van der Waals surface area (Å²) in [6, 6.07) is 6.80. The number of aromatic nitrogens is 2. The number of rotatable bonds is 6. The van der Waals surface area contributed by atoms with Crippen LogP contribution < -0.4 is 5.32 Å². The van der Waals surface area contributed by atoms with Crippen LogP contribution in [0.2, 0.25) is 0 Å². The van der Waals surface area contributed by atoms with Gasteiger partial charge in [-0.3, -0.25) is 4.68 Å². The van der Waals surface area contributed by atoms with Gasteiger partial charge in [0.05, 0.1) is 11.7 Å². The van der Waals surface area contributed by atoms with E-state index < -0.39 is 0 Å². The van der Waals surface area contributed by atoms with E-state index in [0.717, 1.165) is 19.4 Å². The first-order valence-electron chi connectivity index (χ1n) is 7.90. The van der Waals surface area contributed by atoms with E-state index in [2.05, 4.69) is 62.5 Å². The van der Waals surface area contributed by atoms with E-state index >= 15 is 0 Å². The van der Waals surface area contributed by atoms with Crippen LogP contribution in [0.4, 0.5) is 0 Å². The van der Waals surface area contributed by atoms with E-state index in [1.165, 1.54) is 27.9 Å². The van der Waals surface area contributed by atoms with Crippen molar-refractivity contribution < 1.29 is 0 Å². The highest BCUT2D eigenvalue weighted by molar-refractivity contribution is 5.41. The van der Waals surface area contributed by atoms with E-state index in [-0.39, 0.29) is 6.04 Å². The largest absolute Gasteiger partial charge is 0.306 e. The maximum Gasteiger partial charge on any atom is 0.0673 e. The van der Waals surface area contributed by atoms with Gasteiger partial charge in [-0.2, -0.15) is 5.10 Å². The highest BCUT2D eigenvalue weighted by Crippen LogP contribution is 2.28. The van der Waals surface area contributed by atoms with Crippen molar-refractivity contribution in [3.05, 3.63) is 52.3 Å². The van der Waals surface area contributed by atoms with E-state index in [9.17, 15) is 0 Å². The van der Waals surface area contributed by atoms with Gasteiger partial charge in [0.1, 0.15) is 0 Å². The van der Waals surface area contributed by atoms with Gasteiger partial charge < -0.3 is 5.32 Å². The Morgan fingerprint density at radius 1 is 1.19 bits per heavy atom. The SMILES string of the molecule is CCCNC(c1cn(C)nc1CC)c1cccc(C)c1C. The number of hydrogen-bond acceptors (Lipinski definition) is 2.